The van der Waals surface area contributed by atoms with E-state index in [1.54, 1.807) is 30.3 Å². The molecular formula is C21H21FN2O5. The quantitative estimate of drug-likeness (QED) is 0.754. The number of hydrogen-bond acceptors (Lipinski definition) is 5. The highest BCUT2D eigenvalue weighted by atomic mass is 19.1. The van der Waals surface area contributed by atoms with Gasteiger partial charge in [-0.3, -0.25) is 14.4 Å². The molecule has 1 fully saturated rings. The molecule has 2 aromatic carbocycles. The summed E-state index contributed by atoms with van der Waals surface area (Å²) in [5.74, 6) is -2.20. The van der Waals surface area contributed by atoms with Crippen LogP contribution in [0.15, 0.2) is 48.5 Å². The Kier molecular flexibility index (Phi) is 6.11. The maximum absolute atomic E-state index is 13.9. The Labute approximate surface area is 167 Å². The first kappa shape index (κ1) is 20.3. The van der Waals surface area contributed by atoms with Crippen molar-refractivity contribution in [2.75, 3.05) is 23.9 Å². The lowest BCUT2D eigenvalue weighted by molar-refractivity contribution is -0.157. The van der Waals surface area contributed by atoms with E-state index in [4.69, 9.17) is 9.47 Å². The molecule has 29 heavy (non-hydrogen) atoms. The minimum atomic E-state index is -1.05. The number of carbonyl (C=O) groups excluding carboxylic acids is 3. The van der Waals surface area contributed by atoms with Gasteiger partial charge in [0.25, 0.3) is 5.91 Å². The van der Waals surface area contributed by atoms with E-state index in [-0.39, 0.29) is 24.6 Å². The number of nitrogens with one attached hydrogen (secondary N) is 1. The van der Waals surface area contributed by atoms with E-state index in [0.29, 0.717) is 11.4 Å². The second-order valence-electron chi connectivity index (χ2n) is 6.65. The number of hydrogen-bond donors (Lipinski definition) is 1. The van der Waals surface area contributed by atoms with Crippen LogP contribution in [0, 0.1) is 11.7 Å². The van der Waals surface area contributed by atoms with Crippen molar-refractivity contribution in [3.05, 3.63) is 54.3 Å². The zero-order valence-electron chi connectivity index (χ0n) is 16.1. The van der Waals surface area contributed by atoms with Crippen LogP contribution in [0.2, 0.25) is 0 Å². The number of methoxy groups -OCH3 is 1. The fourth-order valence-corrected chi connectivity index (χ4v) is 3.01. The average Bonchev–Trinajstić information content (AvgIpc) is 3.10. The molecule has 0 bridgehead atoms. The number of rotatable bonds is 6. The summed E-state index contributed by atoms with van der Waals surface area (Å²) in [6, 6.07) is 12.6. The Morgan fingerprint density at radius 2 is 1.86 bits per heavy atom. The minimum absolute atomic E-state index is 0.00538. The summed E-state index contributed by atoms with van der Waals surface area (Å²) in [4.78, 5) is 38.1. The summed E-state index contributed by atoms with van der Waals surface area (Å²) >= 11 is 0. The third-order valence-electron chi connectivity index (χ3n) is 4.62. The zero-order chi connectivity index (χ0) is 21.0. The van der Waals surface area contributed by atoms with Crippen molar-refractivity contribution < 1.29 is 28.2 Å². The van der Waals surface area contributed by atoms with Gasteiger partial charge in [0.2, 0.25) is 5.91 Å². The lowest BCUT2D eigenvalue weighted by Gasteiger charge is -2.18. The van der Waals surface area contributed by atoms with Crippen molar-refractivity contribution in [2.45, 2.75) is 19.4 Å². The fraction of sp³-hybridized carbons (Fsp3) is 0.286. The van der Waals surface area contributed by atoms with E-state index in [2.05, 4.69) is 5.32 Å². The first-order chi connectivity index (χ1) is 13.9. The van der Waals surface area contributed by atoms with E-state index < -0.39 is 29.7 Å². The van der Waals surface area contributed by atoms with Gasteiger partial charge in [0.05, 0.1) is 18.7 Å². The van der Waals surface area contributed by atoms with Crippen molar-refractivity contribution >= 4 is 29.2 Å². The lowest BCUT2D eigenvalue weighted by Crippen LogP contribution is -2.33. The second-order valence-corrected chi connectivity index (χ2v) is 6.65. The highest BCUT2D eigenvalue weighted by molar-refractivity contribution is 6.00. The second kappa shape index (κ2) is 8.72. The van der Waals surface area contributed by atoms with Gasteiger partial charge in [-0.05, 0) is 43.3 Å². The van der Waals surface area contributed by atoms with Gasteiger partial charge in [-0.1, -0.05) is 12.1 Å². The molecular weight excluding hydrogens is 379 g/mol. The zero-order valence-corrected chi connectivity index (χ0v) is 16.1. The Morgan fingerprint density at radius 3 is 2.52 bits per heavy atom. The van der Waals surface area contributed by atoms with Crippen LogP contribution < -0.4 is 15.0 Å². The molecule has 0 aliphatic carbocycles. The van der Waals surface area contributed by atoms with Crippen LogP contribution in [0.1, 0.15) is 13.3 Å². The molecule has 1 aliphatic heterocycles. The van der Waals surface area contributed by atoms with E-state index in [0.717, 1.165) is 0 Å². The predicted molar refractivity (Wildman–Crippen MR) is 104 cm³/mol. The molecule has 1 N–H and O–H groups in total. The van der Waals surface area contributed by atoms with Crippen molar-refractivity contribution in [3.63, 3.8) is 0 Å². The summed E-state index contributed by atoms with van der Waals surface area (Å²) < 4.78 is 24.2. The number of anilines is 2. The van der Waals surface area contributed by atoms with Crippen LogP contribution in [0.3, 0.4) is 0 Å². The lowest BCUT2D eigenvalue weighted by atomic mass is 10.1. The largest absolute Gasteiger partial charge is 0.497 e. The third-order valence-corrected chi connectivity index (χ3v) is 4.62. The molecule has 8 heteroatoms. The molecule has 1 saturated heterocycles. The van der Waals surface area contributed by atoms with E-state index in [1.165, 1.54) is 37.1 Å². The van der Waals surface area contributed by atoms with Crippen molar-refractivity contribution in [2.24, 2.45) is 5.92 Å². The molecule has 2 aromatic rings. The molecule has 152 valence electrons. The number of benzene rings is 2. The Morgan fingerprint density at radius 1 is 1.17 bits per heavy atom. The summed E-state index contributed by atoms with van der Waals surface area (Å²) in [5, 5.41) is 2.64. The number of carbonyl (C=O) groups is 3. The predicted octanol–water partition coefficient (Wildman–Crippen LogP) is 2.76. The van der Waals surface area contributed by atoms with Crippen LogP contribution in [-0.4, -0.2) is 37.5 Å². The SMILES string of the molecule is COc1ccc(NC(=O)[C@H](C)OC(=O)[C@@H]2CC(=O)N(c3ccccc3F)C2)cc1. The van der Waals surface area contributed by atoms with Gasteiger partial charge in [0.15, 0.2) is 6.10 Å². The normalized spacial score (nSPS) is 17.0. The maximum atomic E-state index is 13.9. The van der Waals surface area contributed by atoms with Crippen molar-refractivity contribution in [1.82, 2.24) is 0 Å². The van der Waals surface area contributed by atoms with Crippen LogP contribution in [0.5, 0.6) is 5.75 Å². The molecule has 0 aromatic heterocycles. The van der Waals surface area contributed by atoms with Gasteiger partial charge >= 0.3 is 5.97 Å². The molecule has 1 heterocycles. The topological polar surface area (TPSA) is 84.9 Å². The van der Waals surface area contributed by atoms with Gasteiger partial charge in [-0.2, -0.15) is 0 Å². The number of nitrogens with zero attached hydrogens (tertiary/aromatic N) is 1. The molecule has 0 unspecified atom stereocenters. The van der Waals surface area contributed by atoms with Gasteiger partial charge in [-0.15, -0.1) is 0 Å². The molecule has 3 rings (SSSR count). The first-order valence-electron chi connectivity index (χ1n) is 9.09. The van der Waals surface area contributed by atoms with Gasteiger partial charge in [0, 0.05) is 18.7 Å². The van der Waals surface area contributed by atoms with Crippen LogP contribution in [0.25, 0.3) is 0 Å². The summed E-state index contributed by atoms with van der Waals surface area (Å²) in [5.41, 5.74) is 0.651. The average molecular weight is 400 g/mol. The van der Waals surface area contributed by atoms with Gasteiger partial charge < -0.3 is 19.7 Å². The Balaban J connectivity index is 1.57. The maximum Gasteiger partial charge on any atom is 0.312 e. The number of esters is 1. The van der Waals surface area contributed by atoms with Crippen molar-refractivity contribution in [1.29, 1.82) is 0 Å². The number of amides is 2. The number of para-hydroxylation sites is 1. The first-order valence-corrected chi connectivity index (χ1v) is 9.09. The highest BCUT2D eigenvalue weighted by Crippen LogP contribution is 2.28. The van der Waals surface area contributed by atoms with E-state index in [1.807, 2.05) is 0 Å². The minimum Gasteiger partial charge on any atom is -0.497 e. The molecule has 0 radical (unpaired) electrons. The molecule has 2 amide bonds. The van der Waals surface area contributed by atoms with Crippen molar-refractivity contribution in [3.8, 4) is 5.75 Å². The number of ether oxygens (including phenoxy) is 2. The third kappa shape index (κ3) is 4.71. The molecule has 1 aliphatic rings. The van der Waals surface area contributed by atoms with Crippen LogP contribution in [-0.2, 0) is 19.1 Å². The standard InChI is InChI=1S/C21H21FN2O5/c1-13(20(26)23-15-7-9-16(28-2)10-8-15)29-21(27)14-11-19(25)24(12-14)18-6-4-3-5-17(18)22/h3-10,13-14H,11-12H2,1-2H3,(H,23,26)/t13-,14+/m0/s1. The van der Waals surface area contributed by atoms with E-state index >= 15 is 0 Å². The summed E-state index contributed by atoms with van der Waals surface area (Å²) in [6.45, 7) is 1.45. The molecule has 2 atom stereocenters. The van der Waals surface area contributed by atoms with Gasteiger partial charge in [-0.25, -0.2) is 4.39 Å². The van der Waals surface area contributed by atoms with E-state index in [9.17, 15) is 18.8 Å². The summed E-state index contributed by atoms with van der Waals surface area (Å²) in [7, 11) is 1.54. The molecule has 7 nitrogen and oxygen atoms in total. The molecule has 0 spiro atoms. The number of halogens is 1. The van der Waals surface area contributed by atoms with Crippen LogP contribution in [0.4, 0.5) is 15.8 Å². The Hall–Kier alpha value is -3.42. The molecule has 0 saturated carbocycles. The van der Waals surface area contributed by atoms with Gasteiger partial charge in [0.1, 0.15) is 11.6 Å². The summed E-state index contributed by atoms with van der Waals surface area (Å²) in [6.07, 6.45) is -1.15. The highest BCUT2D eigenvalue weighted by Gasteiger charge is 2.38. The monoisotopic (exact) mass is 400 g/mol. The van der Waals surface area contributed by atoms with Crippen LogP contribution >= 0.6 is 0 Å². The Bertz CT molecular complexity index is 916. The smallest absolute Gasteiger partial charge is 0.312 e. The fourth-order valence-electron chi connectivity index (χ4n) is 3.01.